The first-order valence-electron chi connectivity index (χ1n) is 12.2. The van der Waals surface area contributed by atoms with Crippen molar-refractivity contribution in [1.82, 2.24) is 10.3 Å². The van der Waals surface area contributed by atoms with Crippen LogP contribution in [0.25, 0.3) is 23.1 Å². The summed E-state index contributed by atoms with van der Waals surface area (Å²) in [4.78, 5) is 39.6. The van der Waals surface area contributed by atoms with E-state index in [2.05, 4.69) is 10.3 Å². The number of carbonyl (C=O) groups is 3. The highest BCUT2D eigenvalue weighted by molar-refractivity contribution is 6.31. The summed E-state index contributed by atoms with van der Waals surface area (Å²) in [6.45, 7) is 0. The minimum Gasteiger partial charge on any atom is -0.478 e. The Balaban J connectivity index is 1.58. The van der Waals surface area contributed by atoms with Gasteiger partial charge >= 0.3 is 11.9 Å². The number of carboxylic acid groups (broad SMARTS) is 2. The summed E-state index contributed by atoms with van der Waals surface area (Å²) in [5.41, 5.74) is 4.05. The number of nitrogens with zero attached hydrogens (tertiary/aromatic N) is 1. The van der Waals surface area contributed by atoms with Gasteiger partial charge in [0.05, 0.1) is 22.8 Å². The van der Waals surface area contributed by atoms with Crippen molar-refractivity contribution >= 4 is 52.5 Å². The summed E-state index contributed by atoms with van der Waals surface area (Å²) < 4.78 is 0. The molecule has 0 aliphatic carbocycles. The second-order valence-electron chi connectivity index (χ2n) is 8.81. The Morgan fingerprint density at radius 3 is 2.49 bits per heavy atom. The molecule has 1 heterocycles. The van der Waals surface area contributed by atoms with E-state index in [1.54, 1.807) is 24.3 Å². The molecular formula is C31H25ClN2O5. The molecule has 3 N–H and O–H groups in total. The molecule has 39 heavy (non-hydrogen) atoms. The zero-order valence-corrected chi connectivity index (χ0v) is 21.5. The summed E-state index contributed by atoms with van der Waals surface area (Å²) in [6, 6.07) is 23.2. The number of carboxylic acids is 2. The molecule has 1 amide bonds. The molecule has 0 fully saturated rings. The lowest BCUT2D eigenvalue weighted by molar-refractivity contribution is -0.131. The maximum Gasteiger partial charge on any atom is 0.335 e. The van der Waals surface area contributed by atoms with Crippen LogP contribution in [0.4, 0.5) is 0 Å². The molecule has 0 radical (unpaired) electrons. The third-order valence-corrected chi connectivity index (χ3v) is 6.31. The van der Waals surface area contributed by atoms with Crippen molar-refractivity contribution in [3.63, 3.8) is 0 Å². The first-order valence-corrected chi connectivity index (χ1v) is 12.5. The highest BCUT2D eigenvalue weighted by Crippen LogP contribution is 2.24. The Bertz CT molecular complexity index is 1600. The number of carbonyl (C=O) groups excluding carboxylic acids is 1. The molecule has 0 aliphatic rings. The van der Waals surface area contributed by atoms with Crippen molar-refractivity contribution in [1.29, 1.82) is 0 Å². The van der Waals surface area contributed by atoms with Gasteiger partial charge in [-0.3, -0.25) is 4.79 Å². The van der Waals surface area contributed by atoms with Gasteiger partial charge < -0.3 is 15.5 Å². The van der Waals surface area contributed by atoms with Crippen molar-refractivity contribution in [2.45, 2.75) is 18.9 Å². The van der Waals surface area contributed by atoms with Gasteiger partial charge in [0.25, 0.3) is 0 Å². The van der Waals surface area contributed by atoms with Crippen LogP contribution in [0.1, 0.15) is 45.2 Å². The van der Waals surface area contributed by atoms with Crippen molar-refractivity contribution in [2.24, 2.45) is 0 Å². The van der Waals surface area contributed by atoms with Crippen LogP contribution in [-0.4, -0.2) is 33.0 Å². The van der Waals surface area contributed by atoms with E-state index in [4.69, 9.17) is 16.7 Å². The molecule has 1 atom stereocenters. The number of nitrogens with one attached hydrogen (secondary N) is 1. The van der Waals surface area contributed by atoms with Gasteiger partial charge in [0.1, 0.15) is 0 Å². The van der Waals surface area contributed by atoms with E-state index < -0.39 is 23.9 Å². The van der Waals surface area contributed by atoms with Crippen LogP contribution in [0.3, 0.4) is 0 Å². The molecule has 7 nitrogen and oxygen atoms in total. The molecule has 0 bridgehead atoms. The van der Waals surface area contributed by atoms with E-state index in [-0.39, 0.29) is 5.56 Å². The fraction of sp³-hybridized carbons (Fsp3) is 0.0968. The molecule has 4 rings (SSSR count). The molecule has 1 aromatic heterocycles. The molecule has 0 saturated carbocycles. The van der Waals surface area contributed by atoms with E-state index >= 15 is 0 Å². The Morgan fingerprint density at radius 1 is 0.897 bits per heavy atom. The van der Waals surface area contributed by atoms with Crippen LogP contribution in [0.5, 0.6) is 0 Å². The lowest BCUT2D eigenvalue weighted by Crippen LogP contribution is -2.27. The molecule has 1 unspecified atom stereocenters. The van der Waals surface area contributed by atoms with Gasteiger partial charge in [0.2, 0.25) is 5.91 Å². The predicted octanol–water partition coefficient (Wildman–Crippen LogP) is 6.19. The average Bonchev–Trinajstić information content (AvgIpc) is 2.93. The number of fused-ring (bicyclic) bond motifs is 1. The van der Waals surface area contributed by atoms with Gasteiger partial charge in [0, 0.05) is 22.6 Å². The lowest BCUT2D eigenvalue weighted by atomic mass is 9.95. The quantitative estimate of drug-likeness (QED) is 0.207. The monoisotopic (exact) mass is 540 g/mol. The number of hydrogen-bond acceptors (Lipinski definition) is 4. The molecular weight excluding hydrogens is 516 g/mol. The van der Waals surface area contributed by atoms with Crippen LogP contribution in [-0.2, 0) is 16.0 Å². The van der Waals surface area contributed by atoms with Crippen molar-refractivity contribution in [2.75, 3.05) is 0 Å². The number of rotatable bonds is 10. The minimum absolute atomic E-state index is 0.203. The zero-order valence-electron chi connectivity index (χ0n) is 20.8. The number of aliphatic carboxylic acids is 1. The van der Waals surface area contributed by atoms with Crippen molar-refractivity contribution in [3.8, 4) is 0 Å². The molecule has 0 aliphatic heterocycles. The largest absolute Gasteiger partial charge is 0.478 e. The number of aromatic nitrogens is 1. The molecule has 4 aromatic rings. The highest BCUT2D eigenvalue weighted by atomic mass is 35.5. The van der Waals surface area contributed by atoms with E-state index in [0.29, 0.717) is 23.4 Å². The van der Waals surface area contributed by atoms with Gasteiger partial charge in [-0.25, -0.2) is 14.6 Å². The van der Waals surface area contributed by atoms with Crippen LogP contribution in [0.15, 0.2) is 91.0 Å². The van der Waals surface area contributed by atoms with Crippen LogP contribution in [0.2, 0.25) is 5.02 Å². The zero-order chi connectivity index (χ0) is 27.8. The van der Waals surface area contributed by atoms with Crippen molar-refractivity contribution in [3.05, 3.63) is 124 Å². The van der Waals surface area contributed by atoms with Gasteiger partial charge in [-0.1, -0.05) is 66.2 Å². The lowest BCUT2D eigenvalue weighted by Gasteiger charge is -2.19. The average molecular weight is 541 g/mol. The smallest absolute Gasteiger partial charge is 0.335 e. The summed E-state index contributed by atoms with van der Waals surface area (Å²) in [5.74, 6) is -2.81. The van der Waals surface area contributed by atoms with Gasteiger partial charge in [-0.15, -0.1) is 0 Å². The summed E-state index contributed by atoms with van der Waals surface area (Å²) in [7, 11) is 0. The van der Waals surface area contributed by atoms with Gasteiger partial charge in [-0.2, -0.15) is 0 Å². The predicted molar refractivity (Wildman–Crippen MR) is 152 cm³/mol. The molecule has 0 spiro atoms. The fourth-order valence-electron chi connectivity index (χ4n) is 4.20. The number of hydrogen-bond donors (Lipinski definition) is 3. The third-order valence-electron chi connectivity index (χ3n) is 6.08. The Morgan fingerprint density at radius 2 is 1.69 bits per heavy atom. The Labute approximate surface area is 230 Å². The first-order chi connectivity index (χ1) is 18.8. The standard InChI is InChI=1S/C31H25ClN2O5/c32-24-12-9-22-10-14-25(33-28(22)19-24)13-8-20-4-3-6-23(18-20)27(34-29(35)16-17-30(36)37)15-11-21-5-1-2-7-26(21)31(38)39/h1-10,12-14,16-19,27H,11,15H2,(H,34,35)(H,36,37)(H,38,39)/b13-8+,17-16+. The molecule has 3 aromatic carbocycles. The maximum atomic E-state index is 12.5. The summed E-state index contributed by atoms with van der Waals surface area (Å²) in [5, 5.41) is 22.8. The van der Waals surface area contributed by atoms with Gasteiger partial charge in [-0.05, 0) is 65.9 Å². The SMILES string of the molecule is O=C(O)/C=C/C(=O)NC(CCc1ccccc1C(=O)O)c1cccc(/C=C/c2ccc3ccc(Cl)cc3n2)c1. The van der Waals surface area contributed by atoms with E-state index in [9.17, 15) is 19.5 Å². The van der Waals surface area contributed by atoms with Crippen LogP contribution < -0.4 is 5.32 Å². The van der Waals surface area contributed by atoms with E-state index in [1.165, 1.54) is 0 Å². The van der Waals surface area contributed by atoms with E-state index in [0.717, 1.165) is 39.9 Å². The second kappa shape index (κ2) is 12.7. The number of aromatic carboxylic acids is 1. The number of pyridine rings is 1. The number of benzene rings is 3. The maximum absolute atomic E-state index is 12.5. The third kappa shape index (κ3) is 7.63. The Kier molecular flexibility index (Phi) is 8.86. The van der Waals surface area contributed by atoms with Crippen LogP contribution in [0, 0.1) is 0 Å². The van der Waals surface area contributed by atoms with Crippen molar-refractivity contribution < 1.29 is 24.6 Å². The molecule has 0 saturated heterocycles. The highest BCUT2D eigenvalue weighted by Gasteiger charge is 2.17. The first kappa shape index (κ1) is 27.3. The summed E-state index contributed by atoms with van der Waals surface area (Å²) in [6.07, 6.45) is 6.31. The second-order valence-corrected chi connectivity index (χ2v) is 9.25. The number of halogens is 1. The van der Waals surface area contributed by atoms with E-state index in [1.807, 2.05) is 66.7 Å². The molecule has 196 valence electrons. The number of aryl methyl sites for hydroxylation is 1. The van der Waals surface area contributed by atoms with Gasteiger partial charge in [0.15, 0.2) is 0 Å². The number of amides is 1. The normalized spacial score (nSPS) is 12.1. The minimum atomic E-state index is -1.23. The molecule has 8 heteroatoms. The fourth-order valence-corrected chi connectivity index (χ4v) is 4.36. The topological polar surface area (TPSA) is 117 Å². The van der Waals surface area contributed by atoms with Crippen LogP contribution >= 0.6 is 11.6 Å². The Hall–Kier alpha value is -4.75. The summed E-state index contributed by atoms with van der Waals surface area (Å²) >= 11 is 6.10.